The number of hydrogen-bond acceptors (Lipinski definition) is 6. The summed E-state index contributed by atoms with van der Waals surface area (Å²) in [4.78, 5) is 14.1. The van der Waals surface area contributed by atoms with Gasteiger partial charge in [0.05, 0.1) is 18.4 Å². The number of halogens is 1. The number of ether oxygens (including phenoxy) is 1. The molecule has 4 rings (SSSR count). The van der Waals surface area contributed by atoms with E-state index in [1.54, 1.807) is 13.2 Å². The number of aliphatic hydroxyl groups is 1. The zero-order valence-corrected chi connectivity index (χ0v) is 25.2. The van der Waals surface area contributed by atoms with Gasteiger partial charge in [0.15, 0.2) is 19.8 Å². The molecule has 0 heterocycles. The number of nitrogens with two attached hydrogens (primary N) is 1. The van der Waals surface area contributed by atoms with Crippen molar-refractivity contribution in [1.82, 2.24) is 0 Å². The van der Waals surface area contributed by atoms with E-state index in [1.807, 2.05) is 32.9 Å². The molecule has 8 atom stereocenters. The maximum atomic E-state index is 17.5. The van der Waals surface area contributed by atoms with Gasteiger partial charge in [-0.2, -0.15) is 5.10 Å². The number of rotatable bonds is 5. The summed E-state index contributed by atoms with van der Waals surface area (Å²) in [6.45, 7) is 16.7. The molecule has 8 heteroatoms. The van der Waals surface area contributed by atoms with Gasteiger partial charge in [-0.1, -0.05) is 46.3 Å². The molecule has 0 aliphatic heterocycles. The van der Waals surface area contributed by atoms with Crippen molar-refractivity contribution in [2.45, 2.75) is 103 Å². The van der Waals surface area contributed by atoms with E-state index < -0.39 is 42.4 Å². The number of Topliss-reactive ketones (excluding diaryl/α,β-unsaturated/α-hetero) is 1. The normalized spacial score (nSPS) is 44.7. The van der Waals surface area contributed by atoms with Crippen LogP contribution in [0.2, 0.25) is 18.1 Å². The predicted molar refractivity (Wildman–Crippen MR) is 147 cm³/mol. The number of hydrogen-bond donors (Lipinski definition) is 2. The summed E-state index contributed by atoms with van der Waals surface area (Å²) in [6, 6.07) is 0. The number of hydrazone groups is 1. The van der Waals surface area contributed by atoms with E-state index >= 15 is 4.39 Å². The average molecular weight is 535 g/mol. The van der Waals surface area contributed by atoms with Crippen molar-refractivity contribution < 1.29 is 23.5 Å². The molecule has 3 saturated carbocycles. The Labute approximate surface area is 223 Å². The summed E-state index contributed by atoms with van der Waals surface area (Å²) >= 11 is 0. The van der Waals surface area contributed by atoms with Gasteiger partial charge in [-0.25, -0.2) is 4.39 Å². The summed E-state index contributed by atoms with van der Waals surface area (Å²) in [5.74, 6) is 4.79. The molecule has 0 radical (unpaired) electrons. The fourth-order valence-corrected chi connectivity index (χ4v) is 9.26. The molecular weight excluding hydrogens is 487 g/mol. The zero-order valence-electron chi connectivity index (χ0n) is 24.2. The number of nitrogens with zero attached hydrogens (tertiary/aromatic N) is 1. The summed E-state index contributed by atoms with van der Waals surface area (Å²) in [5, 5.41) is 15.4. The van der Waals surface area contributed by atoms with Gasteiger partial charge in [0, 0.05) is 23.9 Å². The van der Waals surface area contributed by atoms with E-state index in [-0.39, 0.29) is 35.7 Å². The van der Waals surface area contributed by atoms with Crippen LogP contribution in [0.25, 0.3) is 0 Å². The highest BCUT2D eigenvalue weighted by atomic mass is 28.4. The molecule has 208 valence electrons. The van der Waals surface area contributed by atoms with Crippen molar-refractivity contribution in [3.8, 4) is 0 Å². The topological polar surface area (TPSA) is 94.1 Å². The first-order valence-electron chi connectivity index (χ1n) is 13.7. The van der Waals surface area contributed by atoms with Crippen LogP contribution in [0, 0.1) is 28.6 Å². The molecule has 4 aliphatic carbocycles. The average Bonchev–Trinajstić information content (AvgIpc) is 3.03. The fraction of sp³-hybridized carbons (Fsp3) is 0.793. The second kappa shape index (κ2) is 8.83. The minimum absolute atomic E-state index is 0.0208. The lowest BCUT2D eigenvalue weighted by Crippen LogP contribution is -2.69. The first-order chi connectivity index (χ1) is 17.0. The SMILES string of the molecule is CO[C@]1(C(=O)CO[Si](C)(C)C(C)(C)C)[C@H](C)C[C@H]2[C@@H]3CCC4=C/C(=N/N)C=C[C@]4(C)[C@@]3(F)[C@@H](O)C[C@@]21C. The Morgan fingerprint density at radius 1 is 1.30 bits per heavy atom. The van der Waals surface area contributed by atoms with Crippen LogP contribution < -0.4 is 5.84 Å². The van der Waals surface area contributed by atoms with Crippen molar-refractivity contribution in [1.29, 1.82) is 0 Å². The van der Waals surface area contributed by atoms with Crippen molar-refractivity contribution in [3.63, 3.8) is 0 Å². The molecule has 6 nitrogen and oxygen atoms in total. The molecule has 0 unspecified atom stereocenters. The van der Waals surface area contributed by atoms with E-state index in [9.17, 15) is 9.90 Å². The minimum Gasteiger partial charge on any atom is -0.409 e. The van der Waals surface area contributed by atoms with Crippen LogP contribution in [0.15, 0.2) is 28.9 Å². The number of carbonyl (C=O) groups is 1. The van der Waals surface area contributed by atoms with Gasteiger partial charge in [-0.05, 0) is 74.7 Å². The smallest absolute Gasteiger partial charge is 0.192 e. The second-order valence-electron chi connectivity index (χ2n) is 14.0. The lowest BCUT2D eigenvalue weighted by atomic mass is 9.44. The Bertz CT molecular complexity index is 1050. The molecule has 37 heavy (non-hydrogen) atoms. The van der Waals surface area contributed by atoms with E-state index in [1.165, 1.54) is 0 Å². The summed E-state index contributed by atoms with van der Waals surface area (Å²) in [5.41, 5.74) is -3.13. The van der Waals surface area contributed by atoms with E-state index in [4.69, 9.17) is 15.0 Å². The number of carbonyl (C=O) groups excluding carboxylic acids is 1. The molecular formula is C29H47FN2O4Si. The summed E-state index contributed by atoms with van der Waals surface area (Å²) in [6.07, 6.45) is 6.35. The van der Waals surface area contributed by atoms with Crippen LogP contribution in [0.1, 0.15) is 67.2 Å². The maximum Gasteiger partial charge on any atom is 0.192 e. The zero-order chi connectivity index (χ0) is 27.8. The van der Waals surface area contributed by atoms with E-state index in [2.05, 4.69) is 39.0 Å². The molecule has 3 N–H and O–H groups in total. The first-order valence-corrected chi connectivity index (χ1v) is 16.6. The number of methoxy groups -OCH3 is 1. The monoisotopic (exact) mass is 534 g/mol. The van der Waals surface area contributed by atoms with Crippen LogP contribution in [0.4, 0.5) is 4.39 Å². The van der Waals surface area contributed by atoms with Crippen LogP contribution >= 0.6 is 0 Å². The highest BCUT2D eigenvalue weighted by molar-refractivity contribution is 6.74. The third kappa shape index (κ3) is 3.65. The van der Waals surface area contributed by atoms with Gasteiger partial charge in [-0.15, -0.1) is 0 Å². The second-order valence-corrected chi connectivity index (χ2v) is 18.8. The predicted octanol–water partition coefficient (Wildman–Crippen LogP) is 5.32. The Hall–Kier alpha value is -1.35. The van der Waals surface area contributed by atoms with E-state index in [0.29, 0.717) is 25.0 Å². The van der Waals surface area contributed by atoms with Gasteiger partial charge in [0.2, 0.25) is 0 Å². The number of fused-ring (bicyclic) bond motifs is 5. The standard InChI is InChI=1S/C29H47FN2O4Si/c1-18-14-22-21-11-10-19-15-20(32-31)12-13-26(19,5)28(21,30)23(33)16-27(22,6)29(18,35-7)24(34)17-36-37(8,9)25(2,3)4/h12-13,15,18,21-23,33H,10-11,14,16-17,31H2,1-9H3/b32-20+/t18-,21+,22+,23+,26+,27+,28+,29+/m1/s1. The highest BCUT2D eigenvalue weighted by Crippen LogP contribution is 2.71. The molecule has 0 saturated heterocycles. The number of ketones is 1. The molecule has 0 aromatic heterocycles. The number of aliphatic hydroxyl groups excluding tert-OH is 1. The summed E-state index contributed by atoms with van der Waals surface area (Å²) < 4.78 is 30.1. The van der Waals surface area contributed by atoms with Crippen molar-refractivity contribution in [2.24, 2.45) is 39.5 Å². The Kier molecular flexibility index (Phi) is 6.84. The quantitative estimate of drug-likeness (QED) is 0.283. The third-order valence-electron chi connectivity index (χ3n) is 11.4. The van der Waals surface area contributed by atoms with Gasteiger partial charge in [-0.3, -0.25) is 4.79 Å². The lowest BCUT2D eigenvalue weighted by molar-refractivity contribution is -0.224. The number of allylic oxidation sites excluding steroid dienone is 4. The van der Waals surface area contributed by atoms with Crippen molar-refractivity contribution in [2.75, 3.05) is 13.7 Å². The molecule has 0 spiro atoms. The molecule has 0 amide bonds. The van der Waals surface area contributed by atoms with Crippen LogP contribution in [-0.2, 0) is 14.0 Å². The number of alkyl halides is 1. The Morgan fingerprint density at radius 3 is 2.51 bits per heavy atom. The largest absolute Gasteiger partial charge is 0.409 e. The van der Waals surface area contributed by atoms with Crippen LogP contribution in [0.3, 0.4) is 0 Å². The Morgan fingerprint density at radius 2 is 1.95 bits per heavy atom. The molecule has 0 bridgehead atoms. The first kappa shape index (κ1) is 28.6. The third-order valence-corrected chi connectivity index (χ3v) is 15.9. The van der Waals surface area contributed by atoms with Gasteiger partial charge < -0.3 is 20.1 Å². The van der Waals surface area contributed by atoms with Crippen LogP contribution in [-0.4, -0.2) is 56.0 Å². The van der Waals surface area contributed by atoms with Crippen LogP contribution in [0.5, 0.6) is 0 Å². The molecule has 0 aromatic carbocycles. The minimum atomic E-state index is -2.16. The molecule has 0 aromatic rings. The molecule has 3 fully saturated rings. The maximum absolute atomic E-state index is 17.5. The molecule has 4 aliphatic rings. The van der Waals surface area contributed by atoms with Crippen molar-refractivity contribution in [3.05, 3.63) is 23.8 Å². The van der Waals surface area contributed by atoms with Crippen molar-refractivity contribution >= 4 is 19.8 Å². The fourth-order valence-electron chi connectivity index (χ4n) is 8.33. The van der Waals surface area contributed by atoms with Gasteiger partial charge in [0.1, 0.15) is 5.60 Å². The van der Waals surface area contributed by atoms with Gasteiger partial charge in [0.25, 0.3) is 0 Å². The summed E-state index contributed by atoms with van der Waals surface area (Å²) in [7, 11) is -0.569. The van der Waals surface area contributed by atoms with Gasteiger partial charge >= 0.3 is 0 Å². The Balaban J connectivity index is 1.72. The highest BCUT2D eigenvalue weighted by Gasteiger charge is 2.76. The van der Waals surface area contributed by atoms with E-state index in [0.717, 1.165) is 5.57 Å². The lowest BCUT2D eigenvalue weighted by Gasteiger charge is -2.63.